The summed E-state index contributed by atoms with van der Waals surface area (Å²) in [6.45, 7) is 0. The molecule has 1 heterocycles. The molecule has 1 unspecified atom stereocenters. The summed E-state index contributed by atoms with van der Waals surface area (Å²) < 4.78 is 13.1. The van der Waals surface area contributed by atoms with Crippen LogP contribution >= 0.6 is 0 Å². The summed E-state index contributed by atoms with van der Waals surface area (Å²) in [4.78, 5) is 3.68. The lowest BCUT2D eigenvalue weighted by atomic mass is 10.1. The van der Waals surface area contributed by atoms with E-state index in [1.54, 1.807) is 12.3 Å². The Kier molecular flexibility index (Phi) is 2.77. The van der Waals surface area contributed by atoms with E-state index in [1.165, 1.54) is 6.20 Å². The van der Waals surface area contributed by atoms with Gasteiger partial charge in [0.25, 0.3) is 0 Å². The molecule has 1 aliphatic rings. The lowest BCUT2D eigenvalue weighted by Gasteiger charge is -2.08. The molecule has 1 saturated carbocycles. The van der Waals surface area contributed by atoms with Gasteiger partial charge in [0.15, 0.2) is 0 Å². The zero-order valence-corrected chi connectivity index (χ0v) is 7.99. The SMILES string of the molecule is OC(CCc1ccncc1F)C1CC1. The molecule has 1 N–H and O–H groups in total. The van der Waals surface area contributed by atoms with Gasteiger partial charge in [0.2, 0.25) is 0 Å². The van der Waals surface area contributed by atoms with E-state index in [2.05, 4.69) is 4.98 Å². The molecule has 76 valence electrons. The Balaban J connectivity index is 1.87. The van der Waals surface area contributed by atoms with E-state index in [-0.39, 0.29) is 11.9 Å². The number of aryl methyl sites for hydroxylation is 1. The van der Waals surface area contributed by atoms with E-state index in [4.69, 9.17) is 0 Å². The standard InChI is InChI=1S/C11H14FNO/c12-10-7-13-6-5-8(10)3-4-11(14)9-1-2-9/h5-7,9,11,14H,1-4H2. The molecular weight excluding hydrogens is 181 g/mol. The van der Waals surface area contributed by atoms with Crippen molar-refractivity contribution in [2.45, 2.75) is 31.8 Å². The average Bonchev–Trinajstić information content (AvgIpc) is 2.99. The van der Waals surface area contributed by atoms with Crippen molar-refractivity contribution in [3.8, 4) is 0 Å². The molecule has 2 nitrogen and oxygen atoms in total. The Hall–Kier alpha value is -0.960. The second-order valence-electron chi connectivity index (χ2n) is 3.91. The number of rotatable bonds is 4. The van der Waals surface area contributed by atoms with Gasteiger partial charge in [-0.05, 0) is 43.2 Å². The third-order valence-electron chi connectivity index (χ3n) is 2.73. The van der Waals surface area contributed by atoms with Crippen molar-refractivity contribution in [1.29, 1.82) is 0 Å². The molecule has 14 heavy (non-hydrogen) atoms. The van der Waals surface area contributed by atoms with Crippen molar-refractivity contribution < 1.29 is 9.50 Å². The summed E-state index contributed by atoms with van der Waals surface area (Å²) >= 11 is 0. The van der Waals surface area contributed by atoms with E-state index in [0.29, 0.717) is 24.3 Å². The van der Waals surface area contributed by atoms with Crippen LogP contribution in [0.25, 0.3) is 0 Å². The van der Waals surface area contributed by atoms with Crippen molar-refractivity contribution >= 4 is 0 Å². The molecule has 1 aromatic heterocycles. The van der Waals surface area contributed by atoms with Crippen LogP contribution in [0.5, 0.6) is 0 Å². The van der Waals surface area contributed by atoms with Crippen LogP contribution < -0.4 is 0 Å². The van der Waals surface area contributed by atoms with Crippen molar-refractivity contribution in [2.24, 2.45) is 5.92 Å². The van der Waals surface area contributed by atoms with Crippen LogP contribution in [0.1, 0.15) is 24.8 Å². The van der Waals surface area contributed by atoms with E-state index in [9.17, 15) is 9.50 Å². The van der Waals surface area contributed by atoms with Crippen LogP contribution in [0.3, 0.4) is 0 Å². The highest BCUT2D eigenvalue weighted by Gasteiger charge is 2.29. The van der Waals surface area contributed by atoms with Crippen LogP contribution in [0.4, 0.5) is 4.39 Å². The fraction of sp³-hybridized carbons (Fsp3) is 0.545. The van der Waals surface area contributed by atoms with Gasteiger partial charge in [0.1, 0.15) is 5.82 Å². The molecule has 1 aromatic rings. The number of aliphatic hydroxyl groups is 1. The van der Waals surface area contributed by atoms with Gasteiger partial charge >= 0.3 is 0 Å². The topological polar surface area (TPSA) is 33.1 Å². The number of nitrogens with zero attached hydrogens (tertiary/aromatic N) is 1. The Morgan fingerprint density at radius 3 is 3.00 bits per heavy atom. The minimum Gasteiger partial charge on any atom is -0.393 e. The normalized spacial score (nSPS) is 18.1. The molecule has 2 rings (SSSR count). The van der Waals surface area contributed by atoms with Crippen LogP contribution in [0, 0.1) is 11.7 Å². The monoisotopic (exact) mass is 195 g/mol. The molecule has 1 fully saturated rings. The quantitative estimate of drug-likeness (QED) is 0.796. The summed E-state index contributed by atoms with van der Waals surface area (Å²) in [7, 11) is 0. The van der Waals surface area contributed by atoms with Crippen LogP contribution in [0.15, 0.2) is 18.5 Å². The number of halogens is 1. The Morgan fingerprint density at radius 1 is 1.57 bits per heavy atom. The van der Waals surface area contributed by atoms with Crippen LogP contribution in [-0.4, -0.2) is 16.2 Å². The highest BCUT2D eigenvalue weighted by atomic mass is 19.1. The first kappa shape index (κ1) is 9.59. The van der Waals surface area contributed by atoms with Crippen molar-refractivity contribution in [2.75, 3.05) is 0 Å². The first-order valence-electron chi connectivity index (χ1n) is 5.04. The molecule has 1 aliphatic carbocycles. The largest absolute Gasteiger partial charge is 0.393 e. The number of aromatic nitrogens is 1. The van der Waals surface area contributed by atoms with Crippen molar-refractivity contribution in [1.82, 2.24) is 4.98 Å². The molecule has 1 atom stereocenters. The van der Waals surface area contributed by atoms with E-state index in [1.807, 2.05) is 0 Å². The zero-order chi connectivity index (χ0) is 9.97. The van der Waals surface area contributed by atoms with Crippen molar-refractivity contribution in [3.05, 3.63) is 29.8 Å². The molecule has 0 saturated heterocycles. The smallest absolute Gasteiger partial charge is 0.144 e. The van der Waals surface area contributed by atoms with Gasteiger partial charge in [-0.2, -0.15) is 0 Å². The van der Waals surface area contributed by atoms with Gasteiger partial charge in [0, 0.05) is 6.20 Å². The highest BCUT2D eigenvalue weighted by Crippen LogP contribution is 2.34. The number of aliphatic hydroxyl groups excluding tert-OH is 1. The Labute approximate surface area is 82.8 Å². The first-order chi connectivity index (χ1) is 6.77. The minimum absolute atomic E-state index is 0.248. The summed E-state index contributed by atoms with van der Waals surface area (Å²) in [6, 6.07) is 1.68. The molecule has 3 heteroatoms. The third-order valence-corrected chi connectivity index (χ3v) is 2.73. The predicted octanol–water partition coefficient (Wildman–Crippen LogP) is 1.92. The maximum Gasteiger partial charge on any atom is 0.144 e. The zero-order valence-electron chi connectivity index (χ0n) is 7.99. The number of hydrogen-bond donors (Lipinski definition) is 1. The lowest BCUT2D eigenvalue weighted by molar-refractivity contribution is 0.141. The van der Waals surface area contributed by atoms with E-state index >= 15 is 0 Å². The molecule has 0 aromatic carbocycles. The fourth-order valence-corrected chi connectivity index (χ4v) is 1.63. The first-order valence-corrected chi connectivity index (χ1v) is 5.04. The van der Waals surface area contributed by atoms with Gasteiger partial charge in [-0.25, -0.2) is 4.39 Å². The molecular formula is C11H14FNO. The second kappa shape index (κ2) is 4.05. The molecule has 0 amide bonds. The average molecular weight is 195 g/mol. The lowest BCUT2D eigenvalue weighted by Crippen LogP contribution is -2.10. The number of pyridine rings is 1. The molecule has 0 spiro atoms. The molecule has 0 aliphatic heterocycles. The third kappa shape index (κ3) is 2.29. The predicted molar refractivity (Wildman–Crippen MR) is 51.2 cm³/mol. The molecule has 0 radical (unpaired) electrons. The van der Waals surface area contributed by atoms with E-state index in [0.717, 1.165) is 12.8 Å². The number of hydrogen-bond acceptors (Lipinski definition) is 2. The molecule has 0 bridgehead atoms. The van der Waals surface area contributed by atoms with Crippen LogP contribution in [0.2, 0.25) is 0 Å². The van der Waals surface area contributed by atoms with Gasteiger partial charge in [-0.3, -0.25) is 4.98 Å². The Bertz CT molecular complexity index is 312. The summed E-state index contributed by atoms with van der Waals surface area (Å²) in [6.07, 6.45) is 6.07. The fourth-order valence-electron chi connectivity index (χ4n) is 1.63. The van der Waals surface area contributed by atoms with Crippen LogP contribution in [-0.2, 0) is 6.42 Å². The summed E-state index contributed by atoms with van der Waals surface area (Å²) in [5.41, 5.74) is 0.653. The maximum absolute atomic E-state index is 13.1. The van der Waals surface area contributed by atoms with Gasteiger partial charge in [0.05, 0.1) is 12.3 Å². The van der Waals surface area contributed by atoms with Gasteiger partial charge < -0.3 is 5.11 Å². The van der Waals surface area contributed by atoms with Gasteiger partial charge in [-0.15, -0.1) is 0 Å². The summed E-state index contributed by atoms with van der Waals surface area (Å²) in [5, 5.41) is 9.60. The Morgan fingerprint density at radius 2 is 2.36 bits per heavy atom. The van der Waals surface area contributed by atoms with E-state index < -0.39 is 0 Å². The second-order valence-corrected chi connectivity index (χ2v) is 3.91. The van der Waals surface area contributed by atoms with Crippen molar-refractivity contribution in [3.63, 3.8) is 0 Å². The summed E-state index contributed by atoms with van der Waals surface area (Å²) in [5.74, 6) is 0.204. The minimum atomic E-state index is -0.268. The highest BCUT2D eigenvalue weighted by molar-refractivity contribution is 5.12. The van der Waals surface area contributed by atoms with Gasteiger partial charge in [-0.1, -0.05) is 0 Å². The maximum atomic E-state index is 13.1.